The number of hydrazine groups is 1. The van der Waals surface area contributed by atoms with Gasteiger partial charge in [0.1, 0.15) is 6.42 Å². The highest BCUT2D eigenvalue weighted by molar-refractivity contribution is 5.84. The summed E-state index contributed by atoms with van der Waals surface area (Å²) in [6.45, 7) is 0. The standard InChI is InChI=1S/C11H17N3O2/c1-14(13-10(15)7-8-12)11(16)9-5-3-2-4-6-9/h9H,2-7H2,1H3,(H,13,15). The highest BCUT2D eigenvalue weighted by Gasteiger charge is 2.24. The Labute approximate surface area is 95.4 Å². The molecule has 0 bridgehead atoms. The summed E-state index contributed by atoms with van der Waals surface area (Å²) in [5, 5.41) is 9.54. The van der Waals surface area contributed by atoms with E-state index >= 15 is 0 Å². The lowest BCUT2D eigenvalue weighted by atomic mass is 9.88. The molecule has 0 aromatic rings. The Bertz CT molecular complexity index is 303. The van der Waals surface area contributed by atoms with Gasteiger partial charge >= 0.3 is 0 Å². The molecule has 0 aromatic heterocycles. The SMILES string of the molecule is CN(NC(=O)CC#N)C(=O)C1CCCCC1. The minimum Gasteiger partial charge on any atom is -0.273 e. The summed E-state index contributed by atoms with van der Waals surface area (Å²) in [5.74, 6) is -0.457. The number of carbonyl (C=O) groups is 2. The van der Waals surface area contributed by atoms with Gasteiger partial charge in [-0.15, -0.1) is 0 Å². The fourth-order valence-corrected chi connectivity index (χ4v) is 1.98. The van der Waals surface area contributed by atoms with E-state index in [0.717, 1.165) is 25.7 Å². The maximum Gasteiger partial charge on any atom is 0.252 e. The van der Waals surface area contributed by atoms with Gasteiger partial charge in [0.15, 0.2) is 0 Å². The van der Waals surface area contributed by atoms with Gasteiger partial charge in [-0.2, -0.15) is 5.26 Å². The van der Waals surface area contributed by atoms with Crippen molar-refractivity contribution in [3.8, 4) is 6.07 Å². The van der Waals surface area contributed by atoms with E-state index in [4.69, 9.17) is 5.26 Å². The van der Waals surface area contributed by atoms with Crippen molar-refractivity contribution in [3.05, 3.63) is 0 Å². The molecule has 0 spiro atoms. The van der Waals surface area contributed by atoms with E-state index in [1.807, 2.05) is 0 Å². The van der Waals surface area contributed by atoms with Crippen molar-refractivity contribution in [2.75, 3.05) is 7.05 Å². The topological polar surface area (TPSA) is 73.2 Å². The van der Waals surface area contributed by atoms with Gasteiger partial charge in [0, 0.05) is 13.0 Å². The zero-order valence-electron chi connectivity index (χ0n) is 9.53. The van der Waals surface area contributed by atoms with Crippen LogP contribution in [-0.2, 0) is 9.59 Å². The van der Waals surface area contributed by atoms with Gasteiger partial charge in [0.05, 0.1) is 6.07 Å². The predicted molar refractivity (Wildman–Crippen MR) is 57.7 cm³/mol. The second-order valence-electron chi connectivity index (χ2n) is 4.10. The van der Waals surface area contributed by atoms with Crippen molar-refractivity contribution in [3.63, 3.8) is 0 Å². The summed E-state index contributed by atoms with van der Waals surface area (Å²) in [4.78, 5) is 23.0. The average Bonchev–Trinajstić information content (AvgIpc) is 2.29. The van der Waals surface area contributed by atoms with Crippen molar-refractivity contribution in [1.82, 2.24) is 10.4 Å². The predicted octanol–water partition coefficient (Wildman–Crippen LogP) is 0.970. The van der Waals surface area contributed by atoms with Crippen molar-refractivity contribution in [2.45, 2.75) is 38.5 Å². The number of nitrogens with one attached hydrogen (secondary N) is 1. The fourth-order valence-electron chi connectivity index (χ4n) is 1.98. The van der Waals surface area contributed by atoms with Gasteiger partial charge in [-0.3, -0.25) is 20.0 Å². The molecule has 5 nitrogen and oxygen atoms in total. The Kier molecular flexibility index (Phi) is 4.77. The smallest absolute Gasteiger partial charge is 0.252 e. The normalized spacial score (nSPS) is 16.2. The average molecular weight is 223 g/mol. The van der Waals surface area contributed by atoms with Crippen LogP contribution in [0, 0.1) is 17.2 Å². The summed E-state index contributed by atoms with van der Waals surface area (Å²) >= 11 is 0. The molecular formula is C11H17N3O2. The molecule has 1 aliphatic carbocycles. The quantitative estimate of drug-likeness (QED) is 0.709. The summed E-state index contributed by atoms with van der Waals surface area (Å²) in [5.41, 5.74) is 2.40. The Morgan fingerprint density at radius 3 is 2.56 bits per heavy atom. The molecule has 5 heteroatoms. The molecule has 1 saturated carbocycles. The molecule has 1 N–H and O–H groups in total. The van der Waals surface area contributed by atoms with E-state index in [-0.39, 0.29) is 18.2 Å². The molecule has 1 aliphatic rings. The van der Waals surface area contributed by atoms with Gasteiger partial charge in [0.25, 0.3) is 5.91 Å². The summed E-state index contributed by atoms with van der Waals surface area (Å²) in [6, 6.07) is 1.74. The van der Waals surface area contributed by atoms with Crippen LogP contribution in [0.1, 0.15) is 38.5 Å². The lowest BCUT2D eigenvalue weighted by molar-refractivity contribution is -0.143. The number of amides is 2. The first-order valence-electron chi connectivity index (χ1n) is 5.59. The van der Waals surface area contributed by atoms with Crippen LogP contribution >= 0.6 is 0 Å². The Morgan fingerprint density at radius 2 is 2.00 bits per heavy atom. The number of carbonyl (C=O) groups excluding carboxylic acids is 2. The molecule has 0 heterocycles. The number of hydrogen-bond acceptors (Lipinski definition) is 3. The molecule has 0 saturated heterocycles. The Morgan fingerprint density at radius 1 is 1.38 bits per heavy atom. The maximum absolute atomic E-state index is 11.9. The molecule has 0 atom stereocenters. The van der Waals surface area contributed by atoms with Crippen LogP contribution < -0.4 is 5.43 Å². The molecule has 0 aliphatic heterocycles. The second-order valence-corrected chi connectivity index (χ2v) is 4.10. The third-order valence-electron chi connectivity index (χ3n) is 2.82. The third-order valence-corrected chi connectivity index (χ3v) is 2.82. The minimum absolute atomic E-state index is 0.0288. The molecule has 0 radical (unpaired) electrons. The molecular weight excluding hydrogens is 206 g/mol. The number of nitrogens with zero attached hydrogens (tertiary/aromatic N) is 2. The largest absolute Gasteiger partial charge is 0.273 e. The molecule has 1 rings (SSSR count). The molecule has 88 valence electrons. The van der Waals surface area contributed by atoms with Crippen molar-refractivity contribution in [2.24, 2.45) is 5.92 Å². The van der Waals surface area contributed by atoms with E-state index in [9.17, 15) is 9.59 Å². The van der Waals surface area contributed by atoms with Gasteiger partial charge < -0.3 is 0 Å². The zero-order chi connectivity index (χ0) is 12.0. The highest BCUT2D eigenvalue weighted by atomic mass is 16.2. The van der Waals surface area contributed by atoms with Crippen LogP contribution in [0.5, 0.6) is 0 Å². The Balaban J connectivity index is 2.40. The summed E-state index contributed by atoms with van der Waals surface area (Å²) < 4.78 is 0. The number of hydrogen-bond donors (Lipinski definition) is 1. The molecule has 0 aromatic carbocycles. The van der Waals surface area contributed by atoms with Crippen molar-refractivity contribution in [1.29, 1.82) is 5.26 Å². The van der Waals surface area contributed by atoms with Crippen LogP contribution in [0.15, 0.2) is 0 Å². The molecule has 2 amide bonds. The van der Waals surface area contributed by atoms with Crippen LogP contribution in [0.4, 0.5) is 0 Å². The number of nitriles is 1. The van der Waals surface area contributed by atoms with Gasteiger partial charge in [-0.25, -0.2) is 0 Å². The highest BCUT2D eigenvalue weighted by Crippen LogP contribution is 2.24. The van der Waals surface area contributed by atoms with Crippen LogP contribution in [0.2, 0.25) is 0 Å². The maximum atomic E-state index is 11.9. The van der Waals surface area contributed by atoms with Gasteiger partial charge in [-0.05, 0) is 12.8 Å². The van der Waals surface area contributed by atoms with E-state index in [0.29, 0.717) is 0 Å². The lowest BCUT2D eigenvalue weighted by Gasteiger charge is -2.26. The van der Waals surface area contributed by atoms with Crippen molar-refractivity contribution < 1.29 is 9.59 Å². The zero-order valence-corrected chi connectivity index (χ0v) is 9.53. The van der Waals surface area contributed by atoms with Crippen LogP contribution in [-0.4, -0.2) is 23.9 Å². The number of rotatable bonds is 2. The van der Waals surface area contributed by atoms with Crippen LogP contribution in [0.25, 0.3) is 0 Å². The van der Waals surface area contributed by atoms with E-state index in [2.05, 4.69) is 5.43 Å². The monoisotopic (exact) mass is 223 g/mol. The van der Waals surface area contributed by atoms with E-state index in [1.54, 1.807) is 6.07 Å². The third kappa shape index (κ3) is 3.54. The Hall–Kier alpha value is -1.57. The van der Waals surface area contributed by atoms with Gasteiger partial charge in [-0.1, -0.05) is 19.3 Å². The molecule has 16 heavy (non-hydrogen) atoms. The first-order chi connectivity index (χ1) is 7.65. The summed E-state index contributed by atoms with van der Waals surface area (Å²) in [7, 11) is 1.53. The van der Waals surface area contributed by atoms with Gasteiger partial charge in [0.2, 0.25) is 5.91 Å². The fraction of sp³-hybridized carbons (Fsp3) is 0.727. The molecule has 0 unspecified atom stereocenters. The first-order valence-corrected chi connectivity index (χ1v) is 5.59. The minimum atomic E-state index is -0.436. The second kappa shape index (κ2) is 6.11. The van der Waals surface area contributed by atoms with Crippen LogP contribution in [0.3, 0.4) is 0 Å². The first kappa shape index (κ1) is 12.5. The van der Waals surface area contributed by atoms with Crippen molar-refractivity contribution >= 4 is 11.8 Å². The van der Waals surface area contributed by atoms with E-state index < -0.39 is 5.91 Å². The van der Waals surface area contributed by atoms with E-state index in [1.165, 1.54) is 18.5 Å². The molecule has 1 fully saturated rings. The lowest BCUT2D eigenvalue weighted by Crippen LogP contribution is -2.46. The summed E-state index contributed by atoms with van der Waals surface area (Å²) in [6.07, 6.45) is 4.93.